The van der Waals surface area contributed by atoms with Crippen molar-refractivity contribution in [2.24, 2.45) is 0 Å². The normalized spacial score (nSPS) is 11.3. The predicted molar refractivity (Wildman–Crippen MR) is 65.7 cm³/mol. The second kappa shape index (κ2) is 6.36. The molecule has 0 spiro atoms. The van der Waals surface area contributed by atoms with E-state index in [0.29, 0.717) is 6.61 Å². The van der Waals surface area contributed by atoms with Gasteiger partial charge in [-0.3, -0.25) is 0 Å². The Balaban J connectivity index is 2.49. The molecule has 82 valence electrons. The van der Waals surface area contributed by atoms with Gasteiger partial charge >= 0.3 is 0 Å². The van der Waals surface area contributed by atoms with E-state index in [-0.39, 0.29) is 0 Å². The van der Waals surface area contributed by atoms with Crippen LogP contribution in [0.5, 0.6) is 5.75 Å². The first-order chi connectivity index (χ1) is 7.26. The molecule has 0 amide bonds. The summed E-state index contributed by atoms with van der Waals surface area (Å²) in [6, 6.07) is 7.89. The van der Waals surface area contributed by atoms with Gasteiger partial charge in [-0.15, -0.1) is 0 Å². The number of ether oxygens (including phenoxy) is 1. The van der Waals surface area contributed by atoms with E-state index < -0.39 is 0 Å². The predicted octanol–water partition coefficient (Wildman–Crippen LogP) is 3.64. The van der Waals surface area contributed by atoms with E-state index in [1.165, 1.54) is 0 Å². The molecule has 1 rings (SSSR count). The summed E-state index contributed by atoms with van der Waals surface area (Å²) in [6.45, 7) is 5.41. The van der Waals surface area contributed by atoms with Crippen molar-refractivity contribution in [1.82, 2.24) is 0 Å². The van der Waals surface area contributed by atoms with Crippen LogP contribution in [-0.2, 0) is 0 Å². The van der Waals surface area contributed by atoms with Gasteiger partial charge in [0, 0.05) is 17.8 Å². The van der Waals surface area contributed by atoms with Crippen molar-refractivity contribution in [1.29, 1.82) is 0 Å². The summed E-state index contributed by atoms with van der Waals surface area (Å²) in [5, 5.41) is 3.26. The van der Waals surface area contributed by atoms with Crippen LogP contribution in [0.1, 0.15) is 13.8 Å². The Labute approximate surface area is 95.9 Å². The number of rotatable bonds is 5. The number of benzene rings is 1. The van der Waals surface area contributed by atoms with Gasteiger partial charge in [-0.05, 0) is 43.7 Å². The van der Waals surface area contributed by atoms with Crippen LogP contribution < -0.4 is 10.1 Å². The highest BCUT2D eigenvalue weighted by molar-refractivity contribution is 6.25. The average molecular weight is 226 g/mol. The number of hydrogen-bond acceptors (Lipinski definition) is 2. The molecule has 0 aliphatic rings. The SMILES string of the molecule is CCOc1ccc(NC/C(C)=C/Cl)cc1. The summed E-state index contributed by atoms with van der Waals surface area (Å²) in [7, 11) is 0. The smallest absolute Gasteiger partial charge is 0.119 e. The first-order valence-corrected chi connectivity index (χ1v) is 5.42. The molecule has 0 aliphatic heterocycles. The molecule has 1 aromatic carbocycles. The van der Waals surface area contributed by atoms with Crippen LogP contribution in [0.2, 0.25) is 0 Å². The van der Waals surface area contributed by atoms with Gasteiger partial charge in [0.25, 0.3) is 0 Å². The number of hydrogen-bond donors (Lipinski definition) is 1. The van der Waals surface area contributed by atoms with Gasteiger partial charge in [-0.25, -0.2) is 0 Å². The Morgan fingerprint density at radius 2 is 2.07 bits per heavy atom. The van der Waals surface area contributed by atoms with Crippen molar-refractivity contribution in [3.63, 3.8) is 0 Å². The summed E-state index contributed by atoms with van der Waals surface area (Å²) in [5.74, 6) is 0.896. The molecule has 1 aromatic rings. The maximum absolute atomic E-state index is 5.56. The van der Waals surface area contributed by atoms with Crippen LogP contribution in [0.25, 0.3) is 0 Å². The standard InChI is InChI=1S/C12H16ClNO/c1-3-15-12-6-4-11(5-7-12)14-9-10(2)8-13/h4-8,14H,3,9H2,1-2H3/b10-8+. The Kier molecular flexibility index (Phi) is 5.05. The lowest BCUT2D eigenvalue weighted by Crippen LogP contribution is -2.02. The maximum Gasteiger partial charge on any atom is 0.119 e. The lowest BCUT2D eigenvalue weighted by Gasteiger charge is -2.07. The number of nitrogens with one attached hydrogen (secondary N) is 1. The van der Waals surface area contributed by atoms with Gasteiger partial charge in [0.05, 0.1) is 6.61 Å². The number of halogens is 1. The van der Waals surface area contributed by atoms with Crippen molar-refractivity contribution in [2.45, 2.75) is 13.8 Å². The summed E-state index contributed by atoms with van der Waals surface area (Å²) < 4.78 is 5.35. The van der Waals surface area contributed by atoms with Crippen molar-refractivity contribution < 1.29 is 4.74 Å². The molecule has 3 heteroatoms. The minimum Gasteiger partial charge on any atom is -0.494 e. The van der Waals surface area contributed by atoms with E-state index >= 15 is 0 Å². The van der Waals surface area contributed by atoms with Gasteiger partial charge in [0.2, 0.25) is 0 Å². The quantitative estimate of drug-likeness (QED) is 0.826. The van der Waals surface area contributed by atoms with E-state index in [1.54, 1.807) is 5.54 Å². The molecule has 0 atom stereocenters. The molecule has 15 heavy (non-hydrogen) atoms. The van der Waals surface area contributed by atoms with Crippen molar-refractivity contribution in [3.8, 4) is 5.75 Å². The van der Waals surface area contributed by atoms with Gasteiger partial charge < -0.3 is 10.1 Å². The van der Waals surface area contributed by atoms with E-state index in [2.05, 4.69) is 5.32 Å². The first kappa shape index (κ1) is 11.9. The second-order valence-corrected chi connectivity index (χ2v) is 3.48. The van der Waals surface area contributed by atoms with Crippen LogP contribution in [0, 0.1) is 0 Å². The molecule has 0 saturated heterocycles. The van der Waals surface area contributed by atoms with Crippen LogP contribution in [0.15, 0.2) is 35.4 Å². The minimum atomic E-state index is 0.695. The summed E-state index contributed by atoms with van der Waals surface area (Å²) in [6.07, 6.45) is 0. The zero-order valence-electron chi connectivity index (χ0n) is 9.09. The highest BCUT2D eigenvalue weighted by Crippen LogP contribution is 2.15. The third-order valence-corrected chi connectivity index (χ3v) is 2.30. The molecule has 2 nitrogen and oxygen atoms in total. The topological polar surface area (TPSA) is 21.3 Å². The van der Waals surface area contributed by atoms with Crippen LogP contribution in [-0.4, -0.2) is 13.2 Å². The summed E-state index contributed by atoms with van der Waals surface area (Å²) in [5.41, 5.74) is 3.75. The molecule has 1 N–H and O–H groups in total. The number of anilines is 1. The van der Waals surface area contributed by atoms with Crippen LogP contribution in [0.4, 0.5) is 5.69 Å². The third kappa shape index (κ3) is 4.26. The fourth-order valence-corrected chi connectivity index (χ4v) is 1.19. The van der Waals surface area contributed by atoms with Crippen molar-refractivity contribution in [3.05, 3.63) is 35.4 Å². The Morgan fingerprint density at radius 1 is 1.40 bits per heavy atom. The maximum atomic E-state index is 5.56. The van der Waals surface area contributed by atoms with E-state index in [4.69, 9.17) is 16.3 Å². The van der Waals surface area contributed by atoms with E-state index in [0.717, 1.165) is 23.6 Å². The molecule has 0 bridgehead atoms. The zero-order chi connectivity index (χ0) is 11.1. The van der Waals surface area contributed by atoms with E-state index in [9.17, 15) is 0 Å². The van der Waals surface area contributed by atoms with Crippen LogP contribution >= 0.6 is 11.6 Å². The van der Waals surface area contributed by atoms with E-state index in [1.807, 2.05) is 38.1 Å². The molecule has 0 saturated carbocycles. The highest BCUT2D eigenvalue weighted by Gasteiger charge is 1.94. The van der Waals surface area contributed by atoms with Gasteiger partial charge in [-0.1, -0.05) is 11.6 Å². The zero-order valence-corrected chi connectivity index (χ0v) is 9.84. The fourth-order valence-electron chi connectivity index (χ4n) is 1.12. The monoisotopic (exact) mass is 225 g/mol. The molecule has 0 fully saturated rings. The first-order valence-electron chi connectivity index (χ1n) is 4.99. The van der Waals surface area contributed by atoms with Gasteiger partial charge in [-0.2, -0.15) is 0 Å². The van der Waals surface area contributed by atoms with Gasteiger partial charge in [0.1, 0.15) is 5.75 Å². The Hall–Kier alpha value is -1.15. The van der Waals surface area contributed by atoms with Gasteiger partial charge in [0.15, 0.2) is 0 Å². The summed E-state index contributed by atoms with van der Waals surface area (Å²) >= 11 is 5.56. The Bertz CT molecular complexity index is 319. The lowest BCUT2D eigenvalue weighted by atomic mass is 10.3. The second-order valence-electron chi connectivity index (χ2n) is 3.27. The van der Waals surface area contributed by atoms with Crippen molar-refractivity contribution in [2.75, 3.05) is 18.5 Å². The third-order valence-electron chi connectivity index (χ3n) is 1.92. The molecule has 0 radical (unpaired) electrons. The van der Waals surface area contributed by atoms with Crippen molar-refractivity contribution >= 4 is 17.3 Å². The minimum absolute atomic E-state index is 0.695. The molecular formula is C12H16ClNO. The molecular weight excluding hydrogens is 210 g/mol. The molecule has 0 unspecified atom stereocenters. The Morgan fingerprint density at radius 3 is 2.60 bits per heavy atom. The molecule has 0 aromatic heterocycles. The van der Waals surface area contributed by atoms with Crippen LogP contribution in [0.3, 0.4) is 0 Å². The molecule has 0 aliphatic carbocycles. The lowest BCUT2D eigenvalue weighted by molar-refractivity contribution is 0.340. The average Bonchev–Trinajstić information content (AvgIpc) is 2.28. The fraction of sp³-hybridized carbons (Fsp3) is 0.333. The summed E-state index contributed by atoms with van der Waals surface area (Å²) in [4.78, 5) is 0. The molecule has 0 heterocycles. The largest absolute Gasteiger partial charge is 0.494 e. The highest BCUT2D eigenvalue weighted by atomic mass is 35.5.